The Morgan fingerprint density at radius 2 is 1.83 bits per heavy atom. The van der Waals surface area contributed by atoms with Crippen molar-refractivity contribution in [3.63, 3.8) is 0 Å². The molecule has 1 rings (SSSR count). The standard InChI is InChI=1S/C17H35N3O2.HI/c1-5-18-17(19-10-11-22-13-12-21-4)20-16-8-6-15(7-9-16)14(2)3;/h14-16H,5-13H2,1-4H3,(H2,18,19,20);1H. The fourth-order valence-electron chi connectivity index (χ4n) is 2.91. The average molecular weight is 441 g/mol. The minimum atomic E-state index is 0. The van der Waals surface area contributed by atoms with Crippen molar-refractivity contribution in [3.05, 3.63) is 0 Å². The Balaban J connectivity index is 0.00000484. The summed E-state index contributed by atoms with van der Waals surface area (Å²) in [5.74, 6) is 2.63. The van der Waals surface area contributed by atoms with Crippen molar-refractivity contribution in [2.75, 3.05) is 40.0 Å². The summed E-state index contributed by atoms with van der Waals surface area (Å²) in [6.07, 6.45) is 5.15. The van der Waals surface area contributed by atoms with Crippen molar-refractivity contribution in [2.45, 2.75) is 52.5 Å². The van der Waals surface area contributed by atoms with E-state index >= 15 is 0 Å². The molecule has 0 saturated heterocycles. The molecule has 0 radical (unpaired) electrons. The molecule has 0 aliphatic heterocycles. The molecule has 0 amide bonds. The number of guanidine groups is 1. The summed E-state index contributed by atoms with van der Waals surface area (Å²) in [5, 5.41) is 6.90. The largest absolute Gasteiger partial charge is 0.382 e. The lowest BCUT2D eigenvalue weighted by molar-refractivity contribution is 0.0748. The van der Waals surface area contributed by atoms with E-state index in [1.54, 1.807) is 7.11 Å². The van der Waals surface area contributed by atoms with Gasteiger partial charge in [-0.05, 0) is 44.4 Å². The molecule has 5 nitrogen and oxygen atoms in total. The molecule has 0 aromatic heterocycles. The number of hydrogen-bond acceptors (Lipinski definition) is 3. The van der Waals surface area contributed by atoms with E-state index in [4.69, 9.17) is 9.47 Å². The quantitative estimate of drug-likeness (QED) is 0.250. The lowest BCUT2D eigenvalue weighted by atomic mass is 9.80. The summed E-state index contributed by atoms with van der Waals surface area (Å²) in [5.41, 5.74) is 0. The fourth-order valence-corrected chi connectivity index (χ4v) is 2.91. The molecule has 2 N–H and O–H groups in total. The maximum absolute atomic E-state index is 5.45. The average Bonchev–Trinajstić information content (AvgIpc) is 2.51. The van der Waals surface area contributed by atoms with Crippen molar-refractivity contribution >= 4 is 29.9 Å². The number of halogens is 1. The number of aliphatic imine (C=N–C) groups is 1. The lowest BCUT2D eigenvalue weighted by Crippen LogP contribution is -2.45. The summed E-state index contributed by atoms with van der Waals surface area (Å²) in [4.78, 5) is 4.59. The second kappa shape index (κ2) is 14.3. The lowest BCUT2D eigenvalue weighted by Gasteiger charge is -2.32. The van der Waals surface area contributed by atoms with Gasteiger partial charge in [-0.15, -0.1) is 24.0 Å². The van der Waals surface area contributed by atoms with Gasteiger partial charge >= 0.3 is 0 Å². The molecule has 0 spiro atoms. The summed E-state index contributed by atoms with van der Waals surface area (Å²) in [7, 11) is 1.68. The van der Waals surface area contributed by atoms with Crippen LogP contribution in [-0.4, -0.2) is 52.0 Å². The predicted octanol–water partition coefficient (Wildman–Crippen LogP) is 3.04. The van der Waals surface area contributed by atoms with Crippen molar-refractivity contribution in [3.8, 4) is 0 Å². The first-order valence-corrected chi connectivity index (χ1v) is 8.78. The number of nitrogens with one attached hydrogen (secondary N) is 2. The van der Waals surface area contributed by atoms with E-state index in [2.05, 4.69) is 36.4 Å². The van der Waals surface area contributed by atoms with Crippen molar-refractivity contribution in [1.29, 1.82) is 0 Å². The SMILES string of the molecule is CCNC(=NCCOCCOC)NC1CCC(C(C)C)CC1.I. The second-order valence-electron chi connectivity index (χ2n) is 6.37. The molecule has 0 unspecified atom stereocenters. The zero-order valence-electron chi connectivity index (χ0n) is 15.3. The zero-order valence-corrected chi connectivity index (χ0v) is 17.6. The molecule has 23 heavy (non-hydrogen) atoms. The minimum Gasteiger partial charge on any atom is -0.382 e. The van der Waals surface area contributed by atoms with Crippen LogP contribution in [0, 0.1) is 11.8 Å². The molecule has 1 aliphatic carbocycles. The molecular formula is C17H36IN3O2. The van der Waals surface area contributed by atoms with Gasteiger partial charge in [-0.25, -0.2) is 0 Å². The predicted molar refractivity (Wildman–Crippen MR) is 108 cm³/mol. The van der Waals surface area contributed by atoms with Crippen LogP contribution in [0.15, 0.2) is 4.99 Å². The van der Waals surface area contributed by atoms with Gasteiger partial charge in [-0.1, -0.05) is 13.8 Å². The summed E-state index contributed by atoms with van der Waals surface area (Å²) < 4.78 is 10.4. The van der Waals surface area contributed by atoms with Gasteiger partial charge in [0.15, 0.2) is 5.96 Å². The molecule has 0 bridgehead atoms. The van der Waals surface area contributed by atoms with Crippen LogP contribution in [0.4, 0.5) is 0 Å². The first-order chi connectivity index (χ1) is 10.7. The van der Waals surface area contributed by atoms with Crippen LogP contribution in [0.5, 0.6) is 0 Å². The van der Waals surface area contributed by atoms with Crippen molar-refractivity contribution in [2.24, 2.45) is 16.8 Å². The molecule has 0 aromatic carbocycles. The van der Waals surface area contributed by atoms with E-state index in [0.717, 1.165) is 24.3 Å². The van der Waals surface area contributed by atoms with E-state index < -0.39 is 0 Å². The maximum atomic E-state index is 5.45. The highest BCUT2D eigenvalue weighted by Crippen LogP contribution is 2.29. The Hall–Kier alpha value is -0.0800. The Morgan fingerprint density at radius 1 is 1.13 bits per heavy atom. The van der Waals surface area contributed by atoms with Crippen molar-refractivity contribution < 1.29 is 9.47 Å². The summed E-state index contributed by atoms with van der Waals surface area (Å²) in [6, 6.07) is 0.558. The molecule has 1 fully saturated rings. The summed E-state index contributed by atoms with van der Waals surface area (Å²) in [6.45, 7) is 10.3. The smallest absolute Gasteiger partial charge is 0.191 e. The third kappa shape index (κ3) is 10.4. The van der Waals surface area contributed by atoms with Gasteiger partial charge in [0.05, 0.1) is 26.4 Å². The molecule has 1 saturated carbocycles. The van der Waals surface area contributed by atoms with Crippen LogP contribution in [0.3, 0.4) is 0 Å². The molecule has 0 aromatic rings. The van der Waals surface area contributed by atoms with E-state index in [-0.39, 0.29) is 24.0 Å². The minimum absolute atomic E-state index is 0. The highest BCUT2D eigenvalue weighted by molar-refractivity contribution is 14.0. The van der Waals surface area contributed by atoms with Gasteiger partial charge in [-0.3, -0.25) is 4.99 Å². The number of hydrogen-bond donors (Lipinski definition) is 2. The van der Waals surface area contributed by atoms with Gasteiger partial charge in [0.2, 0.25) is 0 Å². The van der Waals surface area contributed by atoms with E-state index in [1.807, 2.05) is 0 Å². The van der Waals surface area contributed by atoms with Crippen LogP contribution in [0.2, 0.25) is 0 Å². The summed E-state index contributed by atoms with van der Waals surface area (Å²) >= 11 is 0. The van der Waals surface area contributed by atoms with Crippen LogP contribution >= 0.6 is 24.0 Å². The van der Waals surface area contributed by atoms with Crippen LogP contribution in [-0.2, 0) is 9.47 Å². The molecule has 138 valence electrons. The number of methoxy groups -OCH3 is 1. The van der Waals surface area contributed by atoms with Gasteiger partial charge in [-0.2, -0.15) is 0 Å². The van der Waals surface area contributed by atoms with E-state index in [0.29, 0.717) is 32.4 Å². The van der Waals surface area contributed by atoms with Crippen LogP contribution < -0.4 is 10.6 Å². The third-order valence-electron chi connectivity index (χ3n) is 4.34. The molecule has 1 aliphatic rings. The topological polar surface area (TPSA) is 54.9 Å². The zero-order chi connectivity index (χ0) is 16.2. The molecule has 6 heteroatoms. The molecular weight excluding hydrogens is 405 g/mol. The fraction of sp³-hybridized carbons (Fsp3) is 0.941. The monoisotopic (exact) mass is 441 g/mol. The van der Waals surface area contributed by atoms with Gasteiger partial charge in [0.1, 0.15) is 0 Å². The highest BCUT2D eigenvalue weighted by Gasteiger charge is 2.23. The molecule has 0 heterocycles. The number of nitrogens with zero attached hydrogens (tertiary/aromatic N) is 1. The molecule has 0 atom stereocenters. The Morgan fingerprint density at radius 3 is 2.39 bits per heavy atom. The maximum Gasteiger partial charge on any atom is 0.191 e. The van der Waals surface area contributed by atoms with Gasteiger partial charge in [0.25, 0.3) is 0 Å². The number of ether oxygens (including phenoxy) is 2. The Labute approximate surface area is 159 Å². The van der Waals surface area contributed by atoms with Gasteiger partial charge in [0, 0.05) is 19.7 Å². The van der Waals surface area contributed by atoms with Crippen LogP contribution in [0.25, 0.3) is 0 Å². The first-order valence-electron chi connectivity index (χ1n) is 8.78. The third-order valence-corrected chi connectivity index (χ3v) is 4.34. The van der Waals surface area contributed by atoms with E-state index in [9.17, 15) is 0 Å². The van der Waals surface area contributed by atoms with Crippen LogP contribution in [0.1, 0.15) is 46.5 Å². The van der Waals surface area contributed by atoms with Crippen molar-refractivity contribution in [1.82, 2.24) is 10.6 Å². The Bertz CT molecular complexity index is 306. The second-order valence-corrected chi connectivity index (χ2v) is 6.37. The Kier molecular flexibility index (Phi) is 14.2. The van der Waals surface area contributed by atoms with Gasteiger partial charge < -0.3 is 20.1 Å². The first kappa shape index (κ1) is 22.9. The normalized spacial score (nSPS) is 21.9. The number of rotatable bonds is 9. The highest BCUT2D eigenvalue weighted by atomic mass is 127. The van der Waals surface area contributed by atoms with E-state index in [1.165, 1.54) is 25.7 Å².